The zero-order valence-electron chi connectivity index (χ0n) is 9.90. The molecule has 1 heterocycles. The first-order valence-electron chi connectivity index (χ1n) is 5.56. The Morgan fingerprint density at radius 3 is 2.39 bits per heavy atom. The van der Waals surface area contributed by atoms with Crippen LogP contribution in [0.25, 0.3) is 0 Å². The fraction of sp³-hybridized carbons (Fsp3) is 0.500. The molecule has 0 aliphatic carbocycles. The van der Waals surface area contributed by atoms with Crippen LogP contribution in [-0.4, -0.2) is 33.6 Å². The molecule has 6 heteroatoms. The van der Waals surface area contributed by atoms with Gasteiger partial charge in [0.15, 0.2) is 11.5 Å². The van der Waals surface area contributed by atoms with Crippen molar-refractivity contribution in [3.05, 3.63) is 23.8 Å². The zero-order valence-corrected chi connectivity index (χ0v) is 16.5. The first-order valence-corrected chi connectivity index (χ1v) is 8.61. The molecule has 0 amide bonds. The average molecular weight is 587 g/mol. The van der Waals surface area contributed by atoms with E-state index < -0.39 is 0 Å². The summed E-state index contributed by atoms with van der Waals surface area (Å²) in [6, 6.07) is 6.22. The minimum absolute atomic E-state index is 0. The summed E-state index contributed by atoms with van der Waals surface area (Å²) in [6.45, 7) is 3.61. The van der Waals surface area contributed by atoms with E-state index in [0.29, 0.717) is 6.79 Å². The summed E-state index contributed by atoms with van der Waals surface area (Å²) in [6.07, 6.45) is 0. The lowest BCUT2D eigenvalue weighted by Gasteiger charge is -2.20. The highest BCUT2D eigenvalue weighted by Gasteiger charge is 2.14. The molecule has 0 saturated carbocycles. The second-order valence-electron chi connectivity index (χ2n) is 3.84. The smallest absolute Gasteiger partial charge is 0.231 e. The largest absolute Gasteiger partial charge is 0.454 e. The standard InChI is InChI=1S/C12H15I2NO2.HI/c13-3-5-15(6-4-14)8-10-1-2-11-12(7-10)17-9-16-11;/h1-2,7H,3-6,8-9H2;1H. The lowest BCUT2D eigenvalue weighted by atomic mass is 10.2. The van der Waals surface area contributed by atoms with Gasteiger partial charge in [0.05, 0.1) is 0 Å². The predicted octanol–water partition coefficient (Wildman–Crippen LogP) is 3.71. The van der Waals surface area contributed by atoms with Crippen LogP contribution < -0.4 is 9.47 Å². The van der Waals surface area contributed by atoms with Gasteiger partial charge in [-0.2, -0.15) is 0 Å². The van der Waals surface area contributed by atoms with E-state index in [1.165, 1.54) is 14.4 Å². The summed E-state index contributed by atoms with van der Waals surface area (Å²) < 4.78 is 13.0. The molecule has 0 bridgehead atoms. The number of ether oxygens (including phenoxy) is 2. The molecule has 102 valence electrons. The predicted molar refractivity (Wildman–Crippen MR) is 101 cm³/mol. The van der Waals surface area contributed by atoms with Crippen LogP contribution in [0.2, 0.25) is 0 Å². The Labute approximate surface area is 152 Å². The Morgan fingerprint density at radius 1 is 1.06 bits per heavy atom. The molecule has 0 spiro atoms. The topological polar surface area (TPSA) is 21.7 Å². The molecule has 3 nitrogen and oxygen atoms in total. The Hall–Kier alpha value is 0.970. The van der Waals surface area contributed by atoms with Crippen molar-refractivity contribution in [3.63, 3.8) is 0 Å². The van der Waals surface area contributed by atoms with Gasteiger partial charge in [-0.05, 0) is 17.7 Å². The quantitative estimate of drug-likeness (QED) is 0.375. The van der Waals surface area contributed by atoms with Gasteiger partial charge >= 0.3 is 0 Å². The first-order chi connectivity index (χ1) is 8.33. The third-order valence-corrected chi connectivity index (χ3v) is 3.61. The van der Waals surface area contributed by atoms with Gasteiger partial charge in [-0.1, -0.05) is 51.2 Å². The molecule has 0 radical (unpaired) electrons. The van der Waals surface area contributed by atoms with Crippen molar-refractivity contribution in [2.24, 2.45) is 0 Å². The maximum absolute atomic E-state index is 5.40. The molecule has 0 aromatic heterocycles. The molecule has 1 aromatic rings. The van der Waals surface area contributed by atoms with Gasteiger partial charge in [0.2, 0.25) is 6.79 Å². The molecule has 0 fully saturated rings. The molecule has 0 N–H and O–H groups in total. The number of hydrogen-bond donors (Lipinski definition) is 0. The summed E-state index contributed by atoms with van der Waals surface area (Å²) in [7, 11) is 0. The molecule has 0 unspecified atom stereocenters. The number of benzene rings is 1. The van der Waals surface area contributed by atoms with E-state index in [0.717, 1.165) is 31.1 Å². The third kappa shape index (κ3) is 4.82. The van der Waals surface area contributed by atoms with E-state index in [-0.39, 0.29) is 24.0 Å². The van der Waals surface area contributed by atoms with Crippen molar-refractivity contribution >= 4 is 69.2 Å². The Bertz CT molecular complexity index is 370. The molecule has 1 aliphatic heterocycles. The van der Waals surface area contributed by atoms with Crippen LogP contribution in [0.3, 0.4) is 0 Å². The maximum Gasteiger partial charge on any atom is 0.231 e. The average Bonchev–Trinajstić information content (AvgIpc) is 2.77. The molecular formula is C12H16I3NO2. The van der Waals surface area contributed by atoms with Crippen LogP contribution >= 0.6 is 69.2 Å². The summed E-state index contributed by atoms with van der Waals surface area (Å²) in [5, 5.41) is 0. The lowest BCUT2D eigenvalue weighted by Crippen LogP contribution is -2.27. The fourth-order valence-electron chi connectivity index (χ4n) is 1.81. The highest BCUT2D eigenvalue weighted by atomic mass is 127. The summed E-state index contributed by atoms with van der Waals surface area (Å²) >= 11 is 4.85. The second kappa shape index (κ2) is 9.01. The van der Waals surface area contributed by atoms with Gasteiger partial charge < -0.3 is 9.47 Å². The number of hydrogen-bond acceptors (Lipinski definition) is 3. The van der Waals surface area contributed by atoms with E-state index in [1.807, 2.05) is 6.07 Å². The zero-order chi connectivity index (χ0) is 12.1. The Kier molecular flexibility index (Phi) is 8.52. The highest BCUT2D eigenvalue weighted by Crippen LogP contribution is 2.32. The second-order valence-corrected chi connectivity index (χ2v) is 6.00. The van der Waals surface area contributed by atoms with Crippen molar-refractivity contribution < 1.29 is 9.47 Å². The normalized spacial score (nSPS) is 12.6. The number of nitrogens with zero attached hydrogens (tertiary/aromatic N) is 1. The fourth-order valence-corrected chi connectivity index (χ4v) is 3.17. The minimum atomic E-state index is 0. The van der Waals surface area contributed by atoms with Gasteiger partial charge in [0, 0.05) is 28.5 Å². The van der Waals surface area contributed by atoms with Gasteiger partial charge in [0.25, 0.3) is 0 Å². The summed E-state index contributed by atoms with van der Waals surface area (Å²) in [5.74, 6) is 1.74. The first kappa shape index (κ1) is 17.0. The van der Waals surface area contributed by atoms with Crippen LogP contribution in [0.15, 0.2) is 18.2 Å². The van der Waals surface area contributed by atoms with E-state index in [1.54, 1.807) is 0 Å². The van der Waals surface area contributed by atoms with Crippen molar-refractivity contribution in [2.75, 3.05) is 28.7 Å². The summed E-state index contributed by atoms with van der Waals surface area (Å²) in [4.78, 5) is 2.47. The van der Waals surface area contributed by atoms with E-state index in [4.69, 9.17) is 9.47 Å². The molecule has 0 saturated heterocycles. The van der Waals surface area contributed by atoms with Crippen LogP contribution in [-0.2, 0) is 6.54 Å². The minimum Gasteiger partial charge on any atom is -0.454 e. The molecular weight excluding hydrogens is 571 g/mol. The Morgan fingerprint density at radius 2 is 1.72 bits per heavy atom. The van der Waals surface area contributed by atoms with Crippen molar-refractivity contribution in [2.45, 2.75) is 6.54 Å². The van der Waals surface area contributed by atoms with Crippen LogP contribution in [0, 0.1) is 0 Å². The van der Waals surface area contributed by atoms with Crippen LogP contribution in [0.4, 0.5) is 0 Å². The molecule has 1 aromatic carbocycles. The van der Waals surface area contributed by atoms with Gasteiger partial charge in [-0.15, -0.1) is 24.0 Å². The third-order valence-electron chi connectivity index (χ3n) is 2.64. The SMILES string of the molecule is I.ICCN(CCI)Cc1ccc2c(c1)OCO2. The van der Waals surface area contributed by atoms with Crippen molar-refractivity contribution in [3.8, 4) is 11.5 Å². The van der Waals surface area contributed by atoms with Crippen LogP contribution in [0.5, 0.6) is 11.5 Å². The van der Waals surface area contributed by atoms with Crippen molar-refractivity contribution in [1.82, 2.24) is 4.90 Å². The van der Waals surface area contributed by atoms with Gasteiger partial charge in [-0.3, -0.25) is 4.90 Å². The van der Waals surface area contributed by atoms with E-state index in [9.17, 15) is 0 Å². The number of rotatable bonds is 6. The van der Waals surface area contributed by atoms with Crippen LogP contribution in [0.1, 0.15) is 5.56 Å². The van der Waals surface area contributed by atoms with Gasteiger partial charge in [0.1, 0.15) is 0 Å². The highest BCUT2D eigenvalue weighted by molar-refractivity contribution is 14.1. The van der Waals surface area contributed by atoms with E-state index >= 15 is 0 Å². The van der Waals surface area contributed by atoms with Gasteiger partial charge in [-0.25, -0.2) is 0 Å². The molecule has 0 atom stereocenters. The molecule has 18 heavy (non-hydrogen) atoms. The molecule has 1 aliphatic rings. The molecule has 2 rings (SSSR count). The number of alkyl halides is 2. The van der Waals surface area contributed by atoms with E-state index in [2.05, 4.69) is 62.2 Å². The Balaban J connectivity index is 0.00000162. The number of fused-ring (bicyclic) bond motifs is 1. The number of halogens is 3. The maximum atomic E-state index is 5.40. The lowest BCUT2D eigenvalue weighted by molar-refractivity contribution is 0.174. The van der Waals surface area contributed by atoms with Crippen molar-refractivity contribution in [1.29, 1.82) is 0 Å². The monoisotopic (exact) mass is 587 g/mol. The summed E-state index contributed by atoms with van der Waals surface area (Å²) in [5.41, 5.74) is 1.30.